The van der Waals surface area contributed by atoms with Crippen LogP contribution in [-0.2, 0) is 4.74 Å². The van der Waals surface area contributed by atoms with Gasteiger partial charge in [0, 0.05) is 11.6 Å². The van der Waals surface area contributed by atoms with Crippen LogP contribution in [0.5, 0.6) is 17.4 Å². The van der Waals surface area contributed by atoms with Gasteiger partial charge in [0.1, 0.15) is 17.6 Å². The first-order chi connectivity index (χ1) is 16.1. The maximum Gasteiger partial charge on any atom is 0.404 e. The number of rotatable bonds is 9. The number of pyridine rings is 1. The Balaban J connectivity index is 1.82. The molecule has 2 aromatic heterocycles. The average molecular weight is 478 g/mol. The number of amides is 1. The number of carbonyl (C=O) groups is 1. The molecule has 3 aromatic rings. The van der Waals surface area contributed by atoms with Crippen molar-refractivity contribution >= 4 is 6.09 Å². The zero-order chi connectivity index (χ0) is 24.9. The summed E-state index contributed by atoms with van der Waals surface area (Å²) in [5, 5.41) is 13.7. The largest absolute Gasteiger partial charge is 0.443 e. The highest BCUT2D eigenvalue weighted by Gasteiger charge is 2.40. The van der Waals surface area contributed by atoms with Gasteiger partial charge in [0.2, 0.25) is 17.6 Å². The molecule has 0 fully saturated rings. The summed E-state index contributed by atoms with van der Waals surface area (Å²) < 4.78 is 45.0. The van der Waals surface area contributed by atoms with Crippen molar-refractivity contribution in [2.24, 2.45) is 11.1 Å². The van der Waals surface area contributed by atoms with E-state index < -0.39 is 36.7 Å². The maximum absolute atomic E-state index is 12.3. The Labute approximate surface area is 193 Å². The molecule has 1 amide bonds. The zero-order valence-corrected chi connectivity index (χ0v) is 18.6. The summed E-state index contributed by atoms with van der Waals surface area (Å²) in [6.45, 7) is 2.17. The number of ether oxygens (including phenoxy) is 3. The Hall–Kier alpha value is -3.80. The van der Waals surface area contributed by atoms with Gasteiger partial charge in [-0.05, 0) is 23.6 Å². The Morgan fingerprint density at radius 3 is 2.56 bits per heavy atom. The van der Waals surface area contributed by atoms with Crippen molar-refractivity contribution in [3.8, 4) is 28.8 Å². The lowest BCUT2D eigenvalue weighted by Crippen LogP contribution is -2.37. The van der Waals surface area contributed by atoms with E-state index >= 15 is 0 Å². The summed E-state index contributed by atoms with van der Waals surface area (Å²) >= 11 is 0. The van der Waals surface area contributed by atoms with Gasteiger partial charge in [-0.15, -0.1) is 0 Å². The second kappa shape index (κ2) is 10.4. The molecule has 1 aromatic carbocycles. The van der Waals surface area contributed by atoms with Crippen molar-refractivity contribution in [3.63, 3.8) is 0 Å². The normalized spacial score (nSPS) is 13.4. The number of hydrogen-bond donors (Lipinski definition) is 2. The van der Waals surface area contributed by atoms with Crippen molar-refractivity contribution in [2.45, 2.75) is 39.4 Å². The molecule has 10 nitrogen and oxygen atoms in total. The Morgan fingerprint density at radius 1 is 1.21 bits per heavy atom. The van der Waals surface area contributed by atoms with Crippen molar-refractivity contribution in [3.05, 3.63) is 48.5 Å². The summed E-state index contributed by atoms with van der Waals surface area (Å²) in [6.07, 6.45) is -0.890. The minimum absolute atomic E-state index is 0.0923. The first-order valence-electron chi connectivity index (χ1n) is 10.2. The predicted molar refractivity (Wildman–Crippen MR) is 114 cm³/mol. The van der Waals surface area contributed by atoms with Crippen LogP contribution in [0.25, 0.3) is 11.4 Å². The van der Waals surface area contributed by atoms with Crippen LogP contribution in [-0.4, -0.2) is 45.6 Å². The summed E-state index contributed by atoms with van der Waals surface area (Å²) in [6, 6.07) is 9.42. The van der Waals surface area contributed by atoms with Crippen molar-refractivity contribution in [1.29, 1.82) is 0 Å². The lowest BCUT2D eigenvalue weighted by molar-refractivity contribution is -0.0501. The van der Waals surface area contributed by atoms with Crippen LogP contribution >= 0.6 is 0 Å². The quantitative estimate of drug-likeness (QED) is 0.464. The fraction of sp³-hybridized carbons (Fsp3) is 0.364. The fourth-order valence-corrected chi connectivity index (χ4v) is 3.34. The first kappa shape index (κ1) is 24.8. The molecule has 0 saturated heterocycles. The number of nitrogens with zero attached hydrogens (tertiary/aromatic N) is 3. The van der Waals surface area contributed by atoms with Crippen LogP contribution in [0.15, 0.2) is 47.1 Å². The third kappa shape index (κ3) is 6.38. The molecule has 0 bridgehead atoms. The van der Waals surface area contributed by atoms with E-state index in [-0.39, 0.29) is 23.3 Å². The average Bonchev–Trinajstić information content (AvgIpc) is 3.22. The number of halogens is 2. The molecule has 2 heterocycles. The number of aromatic nitrogens is 3. The number of benzene rings is 1. The number of nitrogens with two attached hydrogens (primary N) is 1. The van der Waals surface area contributed by atoms with Crippen molar-refractivity contribution in [1.82, 2.24) is 15.1 Å². The highest BCUT2D eigenvalue weighted by atomic mass is 19.3. The minimum atomic E-state index is -2.95. The van der Waals surface area contributed by atoms with Crippen LogP contribution in [0.1, 0.15) is 32.6 Å². The van der Waals surface area contributed by atoms with Gasteiger partial charge in [0.05, 0.1) is 18.7 Å². The van der Waals surface area contributed by atoms with Crippen molar-refractivity contribution < 1.29 is 37.4 Å². The van der Waals surface area contributed by atoms with Gasteiger partial charge in [-0.25, -0.2) is 9.78 Å². The van der Waals surface area contributed by atoms with E-state index in [1.54, 1.807) is 24.3 Å². The van der Waals surface area contributed by atoms with E-state index in [0.717, 1.165) is 6.20 Å². The molecule has 0 spiro atoms. The van der Waals surface area contributed by atoms with Gasteiger partial charge in [-0.2, -0.15) is 13.8 Å². The van der Waals surface area contributed by atoms with E-state index in [1.807, 2.05) is 20.8 Å². The monoisotopic (exact) mass is 478 g/mol. The molecule has 2 atom stereocenters. The van der Waals surface area contributed by atoms with Gasteiger partial charge in [-0.3, -0.25) is 0 Å². The third-order valence-electron chi connectivity index (χ3n) is 4.71. The topological polar surface area (TPSA) is 143 Å². The summed E-state index contributed by atoms with van der Waals surface area (Å²) in [5.74, 6) is 0.213. The minimum Gasteiger partial charge on any atom is -0.443 e. The molecule has 182 valence electrons. The number of aliphatic hydroxyl groups excluding tert-OH is 1. The zero-order valence-electron chi connectivity index (χ0n) is 18.6. The number of aliphatic hydroxyl groups is 1. The van der Waals surface area contributed by atoms with E-state index in [4.69, 9.17) is 19.7 Å². The van der Waals surface area contributed by atoms with Crippen molar-refractivity contribution in [2.75, 3.05) is 6.61 Å². The molecule has 34 heavy (non-hydrogen) atoms. The Morgan fingerprint density at radius 2 is 1.97 bits per heavy atom. The van der Waals surface area contributed by atoms with E-state index in [2.05, 4.69) is 19.9 Å². The smallest absolute Gasteiger partial charge is 0.404 e. The van der Waals surface area contributed by atoms with E-state index in [1.165, 1.54) is 12.1 Å². The van der Waals surface area contributed by atoms with Gasteiger partial charge in [0.25, 0.3) is 0 Å². The first-order valence-corrected chi connectivity index (χ1v) is 10.2. The number of hydrogen-bond acceptors (Lipinski definition) is 9. The Bertz CT molecular complexity index is 1100. The van der Waals surface area contributed by atoms with Crippen LogP contribution < -0.4 is 15.2 Å². The molecule has 0 aliphatic heterocycles. The van der Waals surface area contributed by atoms with E-state index in [9.17, 15) is 18.7 Å². The molecule has 12 heteroatoms. The molecule has 0 saturated carbocycles. The summed E-state index contributed by atoms with van der Waals surface area (Å²) in [5.41, 5.74) is 5.16. The van der Waals surface area contributed by atoms with Crippen LogP contribution in [0.4, 0.5) is 13.6 Å². The standard InChI is InChI=1S/C22H24F2N4O6/c1-22(2,3)17(15(11-29)33-21(25)30)19-27-18(28-34-19)12-5-4-6-13(9-12)31-16-8-7-14(10-26-16)32-20(23)24/h4-10,15,17,20,29H,11H2,1-3H3,(H2,25,30). The van der Waals surface area contributed by atoms with E-state index in [0.29, 0.717) is 11.3 Å². The molecule has 0 aliphatic rings. The fourth-order valence-electron chi connectivity index (χ4n) is 3.34. The third-order valence-corrected chi connectivity index (χ3v) is 4.71. The van der Waals surface area contributed by atoms with Crippen LogP contribution in [0, 0.1) is 5.41 Å². The van der Waals surface area contributed by atoms with Gasteiger partial charge < -0.3 is 29.6 Å². The molecule has 0 aliphatic carbocycles. The second-order valence-electron chi connectivity index (χ2n) is 8.30. The summed E-state index contributed by atoms with van der Waals surface area (Å²) in [7, 11) is 0. The summed E-state index contributed by atoms with van der Waals surface area (Å²) in [4.78, 5) is 19.6. The lowest BCUT2D eigenvalue weighted by atomic mass is 9.77. The lowest BCUT2D eigenvalue weighted by Gasteiger charge is -2.32. The second-order valence-corrected chi connectivity index (χ2v) is 8.30. The molecule has 3 rings (SSSR count). The highest BCUT2D eigenvalue weighted by Crippen LogP contribution is 2.39. The number of carbonyl (C=O) groups excluding carboxylic acids is 1. The maximum atomic E-state index is 12.3. The molecule has 2 unspecified atom stereocenters. The number of alkyl halides is 2. The van der Waals surface area contributed by atoms with Gasteiger partial charge in [0.15, 0.2) is 0 Å². The van der Waals surface area contributed by atoms with Crippen LogP contribution in [0.3, 0.4) is 0 Å². The van der Waals surface area contributed by atoms with Gasteiger partial charge >= 0.3 is 12.7 Å². The Kier molecular flexibility index (Phi) is 7.61. The predicted octanol–water partition coefficient (Wildman–Crippen LogP) is 4.11. The SMILES string of the molecule is CC(C)(C)C(c1nc(-c2cccc(Oc3ccc(OC(F)F)cn3)c2)no1)C(CO)OC(N)=O. The van der Waals surface area contributed by atoms with Gasteiger partial charge in [-0.1, -0.05) is 38.1 Å². The molecular weight excluding hydrogens is 454 g/mol. The van der Waals surface area contributed by atoms with Crippen LogP contribution in [0.2, 0.25) is 0 Å². The molecule has 3 N–H and O–H groups in total. The molecular formula is C22H24F2N4O6. The highest BCUT2D eigenvalue weighted by molar-refractivity contribution is 5.65. The number of primary amides is 1. The molecule has 0 radical (unpaired) electrons.